The first-order chi connectivity index (χ1) is 9.22. The molecule has 1 aliphatic rings. The van der Waals surface area contributed by atoms with Gasteiger partial charge >= 0.3 is 0 Å². The lowest BCUT2D eigenvalue weighted by molar-refractivity contribution is 0.0899. The smallest absolute Gasteiger partial charge is 0.166 e. The quantitative estimate of drug-likeness (QED) is 0.861. The summed E-state index contributed by atoms with van der Waals surface area (Å²) in [6.07, 6.45) is 2.06. The minimum absolute atomic E-state index is 0.0923. The molecule has 1 aromatic carbocycles. The maximum absolute atomic E-state index is 12.4. The van der Waals surface area contributed by atoms with E-state index in [4.69, 9.17) is 0 Å². The van der Waals surface area contributed by atoms with Gasteiger partial charge in [0.25, 0.3) is 0 Å². The van der Waals surface area contributed by atoms with E-state index in [0.717, 1.165) is 24.0 Å². The molecule has 0 spiro atoms. The van der Waals surface area contributed by atoms with Crippen LogP contribution in [0.3, 0.4) is 0 Å². The predicted molar refractivity (Wildman–Crippen MR) is 80.7 cm³/mol. The van der Waals surface area contributed by atoms with E-state index in [0.29, 0.717) is 6.42 Å². The lowest BCUT2D eigenvalue weighted by Gasteiger charge is -2.25. The van der Waals surface area contributed by atoms with Crippen LogP contribution in [0, 0.1) is 5.92 Å². The first kappa shape index (κ1) is 15.2. The molecule has 1 aromatic rings. The zero-order valence-electron chi connectivity index (χ0n) is 12.3. The first-order valence-electron chi connectivity index (χ1n) is 7.07. The van der Waals surface area contributed by atoms with Crippen molar-refractivity contribution in [2.45, 2.75) is 44.8 Å². The van der Waals surface area contributed by atoms with Gasteiger partial charge in [0.1, 0.15) is 0 Å². The molecule has 1 unspecified atom stereocenters. The number of hydrogen-bond donors (Lipinski definition) is 0. The summed E-state index contributed by atoms with van der Waals surface area (Å²) in [5, 5.41) is 0. The molecule has 0 N–H and O–H groups in total. The van der Waals surface area contributed by atoms with Gasteiger partial charge in [0, 0.05) is 11.5 Å². The molecule has 0 radical (unpaired) electrons. The Kier molecular flexibility index (Phi) is 4.05. The second-order valence-electron chi connectivity index (χ2n) is 6.48. The van der Waals surface area contributed by atoms with E-state index in [9.17, 15) is 13.2 Å². The van der Waals surface area contributed by atoms with E-state index >= 15 is 0 Å². The Morgan fingerprint density at radius 2 is 1.85 bits per heavy atom. The highest BCUT2D eigenvalue weighted by Crippen LogP contribution is 2.29. The summed E-state index contributed by atoms with van der Waals surface area (Å²) in [5.41, 5.74) is 1.87. The summed E-state index contributed by atoms with van der Waals surface area (Å²) in [5.74, 6) is 0.0488. The van der Waals surface area contributed by atoms with Crippen molar-refractivity contribution in [1.82, 2.24) is 0 Å². The Balaban J connectivity index is 2.09. The summed E-state index contributed by atoms with van der Waals surface area (Å²) >= 11 is 0. The van der Waals surface area contributed by atoms with E-state index in [-0.39, 0.29) is 17.5 Å². The Morgan fingerprint density at radius 1 is 1.20 bits per heavy atom. The molecule has 0 aliphatic heterocycles. The number of hydrogen-bond acceptors (Lipinski definition) is 3. The van der Waals surface area contributed by atoms with Crippen molar-refractivity contribution >= 4 is 15.6 Å². The topological polar surface area (TPSA) is 51.2 Å². The van der Waals surface area contributed by atoms with Crippen LogP contribution in [0.25, 0.3) is 0 Å². The van der Waals surface area contributed by atoms with Gasteiger partial charge in [0.05, 0.1) is 10.5 Å². The maximum atomic E-state index is 12.4. The molecule has 0 aromatic heterocycles. The molecule has 0 saturated carbocycles. The molecule has 110 valence electrons. The Labute approximate surface area is 121 Å². The maximum Gasteiger partial charge on any atom is 0.166 e. The van der Waals surface area contributed by atoms with E-state index in [1.165, 1.54) is 0 Å². The molecule has 2 rings (SSSR count). The SMILES string of the molecule is CC(C)(C)S(=O)(=O)CCC1CCc2ccccc2C1=O. The number of sulfone groups is 1. The van der Waals surface area contributed by atoms with Crippen LogP contribution in [0.1, 0.15) is 49.5 Å². The normalized spacial score (nSPS) is 19.8. The van der Waals surface area contributed by atoms with Gasteiger partial charge in [-0.2, -0.15) is 0 Å². The lowest BCUT2D eigenvalue weighted by atomic mass is 9.81. The van der Waals surface area contributed by atoms with Gasteiger partial charge < -0.3 is 0 Å². The molecule has 4 heteroatoms. The van der Waals surface area contributed by atoms with Crippen LogP contribution < -0.4 is 0 Å². The number of aryl methyl sites for hydroxylation is 1. The molecule has 0 heterocycles. The van der Waals surface area contributed by atoms with E-state index < -0.39 is 14.6 Å². The van der Waals surface area contributed by atoms with Gasteiger partial charge in [0.2, 0.25) is 0 Å². The van der Waals surface area contributed by atoms with E-state index in [1.807, 2.05) is 24.3 Å². The highest BCUT2D eigenvalue weighted by molar-refractivity contribution is 7.92. The van der Waals surface area contributed by atoms with E-state index in [2.05, 4.69) is 0 Å². The molecule has 20 heavy (non-hydrogen) atoms. The zero-order chi connectivity index (χ0) is 15.0. The van der Waals surface area contributed by atoms with Crippen molar-refractivity contribution in [2.75, 3.05) is 5.75 Å². The second kappa shape index (κ2) is 5.32. The Bertz CT molecular complexity index is 609. The van der Waals surface area contributed by atoms with Gasteiger partial charge in [-0.1, -0.05) is 24.3 Å². The minimum Gasteiger partial charge on any atom is -0.294 e. The molecule has 0 fully saturated rings. The van der Waals surface area contributed by atoms with Gasteiger partial charge in [-0.15, -0.1) is 0 Å². The predicted octanol–water partition coefficient (Wildman–Crippen LogP) is 3.04. The van der Waals surface area contributed by atoms with Crippen molar-refractivity contribution in [3.63, 3.8) is 0 Å². The summed E-state index contributed by atoms with van der Waals surface area (Å²) in [4.78, 5) is 12.4. The molecular formula is C16H22O3S. The number of carbonyl (C=O) groups excluding carboxylic acids is 1. The lowest BCUT2D eigenvalue weighted by Crippen LogP contribution is -2.33. The standard InChI is InChI=1S/C16H22O3S/c1-16(2,3)20(18,19)11-10-13-9-8-12-6-4-5-7-14(12)15(13)17/h4-7,13H,8-11H2,1-3H3. The van der Waals surface area contributed by atoms with Crippen LogP contribution in [0.4, 0.5) is 0 Å². The number of carbonyl (C=O) groups is 1. The van der Waals surface area contributed by atoms with Crippen LogP contribution >= 0.6 is 0 Å². The number of ketones is 1. The zero-order valence-corrected chi connectivity index (χ0v) is 13.2. The monoisotopic (exact) mass is 294 g/mol. The number of fused-ring (bicyclic) bond motifs is 1. The number of Topliss-reactive ketones (excluding diaryl/α,β-unsaturated/α-hetero) is 1. The Hall–Kier alpha value is -1.16. The van der Waals surface area contributed by atoms with E-state index in [1.54, 1.807) is 20.8 Å². The molecule has 0 bridgehead atoms. The van der Waals surface area contributed by atoms with Crippen LogP contribution in [0.2, 0.25) is 0 Å². The minimum atomic E-state index is -3.15. The van der Waals surface area contributed by atoms with Gasteiger partial charge in [-0.05, 0) is 45.6 Å². The average molecular weight is 294 g/mol. The van der Waals surface area contributed by atoms with Crippen LogP contribution in [0.5, 0.6) is 0 Å². The van der Waals surface area contributed by atoms with Gasteiger partial charge in [-0.3, -0.25) is 4.79 Å². The summed E-state index contributed by atoms with van der Waals surface area (Å²) in [6, 6.07) is 7.64. The highest BCUT2D eigenvalue weighted by Gasteiger charge is 2.32. The van der Waals surface area contributed by atoms with Crippen LogP contribution in [0.15, 0.2) is 24.3 Å². The third kappa shape index (κ3) is 2.95. The second-order valence-corrected chi connectivity index (χ2v) is 9.34. The van der Waals surface area contributed by atoms with Crippen molar-refractivity contribution in [2.24, 2.45) is 5.92 Å². The molecular weight excluding hydrogens is 272 g/mol. The summed E-state index contributed by atoms with van der Waals surface area (Å²) in [6.45, 7) is 5.13. The molecule has 1 atom stereocenters. The van der Waals surface area contributed by atoms with Crippen molar-refractivity contribution in [1.29, 1.82) is 0 Å². The molecule has 3 nitrogen and oxygen atoms in total. The summed E-state index contributed by atoms with van der Waals surface area (Å²) in [7, 11) is -3.15. The summed E-state index contributed by atoms with van der Waals surface area (Å²) < 4.78 is 23.5. The largest absolute Gasteiger partial charge is 0.294 e. The van der Waals surface area contributed by atoms with Crippen molar-refractivity contribution in [3.05, 3.63) is 35.4 Å². The number of rotatable bonds is 3. The van der Waals surface area contributed by atoms with Crippen LogP contribution in [-0.4, -0.2) is 24.7 Å². The van der Waals surface area contributed by atoms with Gasteiger partial charge in [0.15, 0.2) is 15.6 Å². The molecule has 0 amide bonds. The fourth-order valence-corrected chi connectivity index (χ4v) is 3.75. The van der Waals surface area contributed by atoms with Gasteiger partial charge in [-0.25, -0.2) is 8.42 Å². The third-order valence-electron chi connectivity index (χ3n) is 4.08. The average Bonchev–Trinajstić information content (AvgIpc) is 2.37. The first-order valence-corrected chi connectivity index (χ1v) is 8.72. The van der Waals surface area contributed by atoms with Crippen LogP contribution in [-0.2, 0) is 16.3 Å². The molecule has 1 aliphatic carbocycles. The fourth-order valence-electron chi connectivity index (χ4n) is 2.54. The number of benzene rings is 1. The third-order valence-corrected chi connectivity index (χ3v) is 6.72. The Morgan fingerprint density at radius 3 is 2.50 bits per heavy atom. The highest BCUT2D eigenvalue weighted by atomic mass is 32.2. The van der Waals surface area contributed by atoms with Crippen molar-refractivity contribution in [3.8, 4) is 0 Å². The van der Waals surface area contributed by atoms with Crippen molar-refractivity contribution < 1.29 is 13.2 Å². The molecule has 0 saturated heterocycles. The fraction of sp³-hybridized carbons (Fsp3) is 0.562.